The van der Waals surface area contributed by atoms with E-state index in [9.17, 15) is 9.18 Å². The Morgan fingerprint density at radius 3 is 2.86 bits per heavy atom. The predicted octanol–water partition coefficient (Wildman–Crippen LogP) is 2.09. The molecule has 0 spiro atoms. The van der Waals surface area contributed by atoms with Crippen LogP contribution in [0.5, 0.6) is 5.88 Å². The van der Waals surface area contributed by atoms with Gasteiger partial charge >= 0.3 is 0 Å². The number of carbonyl (C=O) groups excluding carboxylic acids is 1. The lowest BCUT2D eigenvalue weighted by atomic mass is 10.1. The molecule has 6 heteroatoms. The Labute approximate surface area is 121 Å². The number of nitrogens with one attached hydrogen (secondary N) is 1. The number of rotatable bonds is 5. The second kappa shape index (κ2) is 6.60. The van der Waals surface area contributed by atoms with E-state index in [2.05, 4.69) is 21.9 Å². The normalized spacial score (nSPS) is 10.0. The molecule has 0 saturated carbocycles. The summed E-state index contributed by atoms with van der Waals surface area (Å²) in [4.78, 5) is 19.0. The topological polar surface area (TPSA) is 64.1 Å². The highest BCUT2D eigenvalue weighted by Crippen LogP contribution is 2.23. The molecule has 0 aliphatic heterocycles. The van der Waals surface area contributed by atoms with E-state index in [0.29, 0.717) is 23.7 Å². The molecule has 1 N–H and O–H groups in total. The summed E-state index contributed by atoms with van der Waals surface area (Å²) in [6.07, 6.45) is 3.86. The van der Waals surface area contributed by atoms with Gasteiger partial charge in [-0.3, -0.25) is 9.78 Å². The monoisotopic (exact) mass is 287 g/mol. The number of hydrogen-bond acceptors (Lipinski definition) is 4. The molecule has 0 aromatic carbocycles. The standard InChI is InChI=1S/C15H14FN3O2/c1-3-14(20)18-8-10-4-5-13(17-7-10)11-6-15(21-2)19-9-12(11)16/h3-7,9H,1,8H2,2H3,(H,18,20). The van der Waals surface area contributed by atoms with Crippen LogP contribution in [0.15, 0.2) is 43.2 Å². The number of ether oxygens (including phenoxy) is 1. The second-order valence-corrected chi connectivity index (χ2v) is 4.18. The summed E-state index contributed by atoms with van der Waals surface area (Å²) in [5.74, 6) is -0.421. The zero-order valence-corrected chi connectivity index (χ0v) is 11.5. The first-order chi connectivity index (χ1) is 10.1. The second-order valence-electron chi connectivity index (χ2n) is 4.18. The van der Waals surface area contributed by atoms with Crippen LogP contribution in [0.25, 0.3) is 11.3 Å². The number of hydrogen-bond donors (Lipinski definition) is 1. The van der Waals surface area contributed by atoms with Crippen LogP contribution in [-0.4, -0.2) is 23.0 Å². The van der Waals surface area contributed by atoms with Crippen LogP contribution in [0.2, 0.25) is 0 Å². The van der Waals surface area contributed by atoms with E-state index in [1.54, 1.807) is 18.3 Å². The molecule has 5 nitrogen and oxygen atoms in total. The molecular weight excluding hydrogens is 273 g/mol. The Kier molecular flexibility index (Phi) is 4.61. The maximum Gasteiger partial charge on any atom is 0.243 e. The largest absolute Gasteiger partial charge is 0.481 e. The molecular formula is C15H14FN3O2. The van der Waals surface area contributed by atoms with Gasteiger partial charge in [0.25, 0.3) is 0 Å². The summed E-state index contributed by atoms with van der Waals surface area (Å²) in [6.45, 7) is 3.70. The van der Waals surface area contributed by atoms with Gasteiger partial charge in [-0.2, -0.15) is 0 Å². The fourth-order valence-electron chi connectivity index (χ4n) is 1.68. The zero-order chi connectivity index (χ0) is 15.2. The van der Waals surface area contributed by atoms with Crippen LogP contribution in [0.1, 0.15) is 5.56 Å². The van der Waals surface area contributed by atoms with Crippen molar-refractivity contribution < 1.29 is 13.9 Å². The van der Waals surface area contributed by atoms with Crippen LogP contribution >= 0.6 is 0 Å². The van der Waals surface area contributed by atoms with Crippen LogP contribution in [-0.2, 0) is 11.3 Å². The molecule has 21 heavy (non-hydrogen) atoms. The van der Waals surface area contributed by atoms with Crippen LogP contribution in [0.4, 0.5) is 4.39 Å². The summed E-state index contributed by atoms with van der Waals surface area (Å²) < 4.78 is 18.7. The molecule has 108 valence electrons. The lowest BCUT2D eigenvalue weighted by Gasteiger charge is -2.06. The van der Waals surface area contributed by atoms with Gasteiger partial charge in [-0.1, -0.05) is 12.6 Å². The molecule has 0 aliphatic carbocycles. The SMILES string of the molecule is C=CC(=O)NCc1ccc(-c2cc(OC)ncc2F)nc1. The summed E-state index contributed by atoms with van der Waals surface area (Å²) >= 11 is 0. The highest BCUT2D eigenvalue weighted by Gasteiger charge is 2.09. The van der Waals surface area contributed by atoms with Crippen molar-refractivity contribution in [3.8, 4) is 17.1 Å². The first-order valence-electron chi connectivity index (χ1n) is 6.19. The van der Waals surface area contributed by atoms with Crippen molar-refractivity contribution in [2.75, 3.05) is 7.11 Å². The fraction of sp³-hybridized carbons (Fsp3) is 0.133. The predicted molar refractivity (Wildman–Crippen MR) is 76.0 cm³/mol. The van der Waals surface area contributed by atoms with Crippen LogP contribution in [0.3, 0.4) is 0 Å². The van der Waals surface area contributed by atoms with E-state index in [-0.39, 0.29) is 5.91 Å². The number of nitrogens with zero attached hydrogens (tertiary/aromatic N) is 2. The third-order valence-corrected chi connectivity index (χ3v) is 2.79. The van der Waals surface area contributed by atoms with E-state index in [1.807, 2.05) is 0 Å². The molecule has 0 unspecified atom stereocenters. The van der Waals surface area contributed by atoms with Crippen molar-refractivity contribution in [3.05, 3.63) is 54.6 Å². The van der Waals surface area contributed by atoms with E-state index in [4.69, 9.17) is 4.74 Å². The Bertz CT molecular complexity index is 656. The Balaban J connectivity index is 2.18. The summed E-state index contributed by atoms with van der Waals surface area (Å²) in [5.41, 5.74) is 1.57. The first kappa shape index (κ1) is 14.6. The lowest BCUT2D eigenvalue weighted by molar-refractivity contribution is -0.116. The molecule has 0 radical (unpaired) electrons. The van der Waals surface area contributed by atoms with Gasteiger partial charge in [0.05, 0.1) is 19.0 Å². The highest BCUT2D eigenvalue weighted by molar-refractivity contribution is 5.86. The molecule has 1 amide bonds. The van der Waals surface area contributed by atoms with Crippen molar-refractivity contribution in [2.45, 2.75) is 6.54 Å². The van der Waals surface area contributed by atoms with E-state index in [1.165, 1.54) is 19.3 Å². The first-order valence-corrected chi connectivity index (χ1v) is 6.19. The average molecular weight is 287 g/mol. The molecule has 0 aliphatic rings. The smallest absolute Gasteiger partial charge is 0.243 e. The summed E-state index contributed by atoms with van der Waals surface area (Å²) in [6, 6.07) is 4.92. The maximum absolute atomic E-state index is 13.8. The molecule has 0 atom stereocenters. The molecule has 0 bridgehead atoms. The average Bonchev–Trinajstić information content (AvgIpc) is 2.53. The number of carbonyl (C=O) groups is 1. The highest BCUT2D eigenvalue weighted by atomic mass is 19.1. The van der Waals surface area contributed by atoms with Gasteiger partial charge in [-0.05, 0) is 17.7 Å². The van der Waals surface area contributed by atoms with Crippen LogP contribution in [0, 0.1) is 5.82 Å². The molecule has 2 heterocycles. The Hall–Kier alpha value is -2.76. The van der Waals surface area contributed by atoms with Crippen molar-refractivity contribution in [1.82, 2.24) is 15.3 Å². The van der Waals surface area contributed by atoms with Gasteiger partial charge in [0, 0.05) is 24.4 Å². The number of amides is 1. The summed E-state index contributed by atoms with van der Waals surface area (Å²) in [5, 5.41) is 2.64. The van der Waals surface area contributed by atoms with Gasteiger partial charge in [-0.25, -0.2) is 9.37 Å². The van der Waals surface area contributed by atoms with E-state index >= 15 is 0 Å². The minimum atomic E-state index is -0.476. The van der Waals surface area contributed by atoms with E-state index in [0.717, 1.165) is 11.8 Å². The van der Waals surface area contributed by atoms with Gasteiger partial charge in [0.15, 0.2) is 5.82 Å². The maximum atomic E-state index is 13.8. The minimum Gasteiger partial charge on any atom is -0.481 e. The number of halogens is 1. The number of aromatic nitrogens is 2. The van der Waals surface area contributed by atoms with Gasteiger partial charge in [-0.15, -0.1) is 0 Å². The lowest BCUT2D eigenvalue weighted by Crippen LogP contribution is -2.19. The quantitative estimate of drug-likeness (QED) is 0.855. The number of pyridine rings is 2. The minimum absolute atomic E-state index is 0.260. The fourth-order valence-corrected chi connectivity index (χ4v) is 1.68. The van der Waals surface area contributed by atoms with Crippen LogP contribution < -0.4 is 10.1 Å². The van der Waals surface area contributed by atoms with Crippen molar-refractivity contribution >= 4 is 5.91 Å². The van der Waals surface area contributed by atoms with Crippen molar-refractivity contribution in [3.63, 3.8) is 0 Å². The Morgan fingerprint density at radius 1 is 1.43 bits per heavy atom. The molecule has 0 saturated heterocycles. The van der Waals surface area contributed by atoms with Gasteiger partial charge in [0.2, 0.25) is 11.8 Å². The molecule has 2 aromatic heterocycles. The summed E-state index contributed by atoms with van der Waals surface area (Å²) in [7, 11) is 1.46. The Morgan fingerprint density at radius 2 is 2.24 bits per heavy atom. The molecule has 0 fully saturated rings. The third kappa shape index (κ3) is 3.62. The molecule has 2 rings (SSSR count). The van der Waals surface area contributed by atoms with Gasteiger partial charge < -0.3 is 10.1 Å². The third-order valence-electron chi connectivity index (χ3n) is 2.79. The van der Waals surface area contributed by atoms with Gasteiger partial charge in [0.1, 0.15) is 0 Å². The number of methoxy groups -OCH3 is 1. The van der Waals surface area contributed by atoms with E-state index < -0.39 is 5.82 Å². The molecule has 2 aromatic rings. The zero-order valence-electron chi connectivity index (χ0n) is 11.5. The van der Waals surface area contributed by atoms with Crippen molar-refractivity contribution in [2.24, 2.45) is 0 Å². The van der Waals surface area contributed by atoms with Crippen molar-refractivity contribution in [1.29, 1.82) is 0 Å².